The van der Waals surface area contributed by atoms with Gasteiger partial charge in [0.25, 0.3) is 5.91 Å². The fourth-order valence-corrected chi connectivity index (χ4v) is 3.21. The van der Waals surface area contributed by atoms with Gasteiger partial charge < -0.3 is 14.2 Å². The van der Waals surface area contributed by atoms with E-state index in [1.807, 2.05) is 0 Å². The number of amides is 1. The highest BCUT2D eigenvalue weighted by atomic mass is 32.1. The molecule has 136 valence electrons. The molecule has 26 heavy (non-hydrogen) atoms. The zero-order valence-electron chi connectivity index (χ0n) is 13.8. The zero-order chi connectivity index (χ0) is 18.7. The predicted molar refractivity (Wildman–Crippen MR) is 93.8 cm³/mol. The summed E-state index contributed by atoms with van der Waals surface area (Å²) >= 11 is 1.24. The van der Waals surface area contributed by atoms with Crippen molar-refractivity contribution < 1.29 is 27.8 Å². The van der Waals surface area contributed by atoms with Gasteiger partial charge in [0.2, 0.25) is 0 Å². The van der Waals surface area contributed by atoms with Crippen molar-refractivity contribution in [3.8, 4) is 17.2 Å². The van der Waals surface area contributed by atoms with Crippen molar-refractivity contribution >= 4 is 32.6 Å². The second-order valence-corrected chi connectivity index (χ2v) is 6.05. The molecule has 1 heterocycles. The minimum Gasteiger partial charge on any atom is -0.497 e. The molecule has 0 fully saturated rings. The number of benzene rings is 2. The molecule has 0 spiro atoms. The molecule has 0 saturated heterocycles. The largest absolute Gasteiger partial charge is 0.497 e. The Morgan fingerprint density at radius 2 is 2.00 bits per heavy atom. The molecule has 3 rings (SSSR count). The molecule has 0 aliphatic rings. The molecule has 0 aliphatic heterocycles. The van der Waals surface area contributed by atoms with Crippen LogP contribution in [0.1, 0.15) is 10.4 Å². The van der Waals surface area contributed by atoms with Crippen LogP contribution in [0.2, 0.25) is 0 Å². The molecular weight excluding hydrogens is 366 g/mol. The number of carbonyl (C=O) groups excluding carboxylic acids is 1. The number of nitrogens with zero attached hydrogens (tertiary/aromatic N) is 1. The van der Waals surface area contributed by atoms with Crippen molar-refractivity contribution in [1.29, 1.82) is 0 Å². The Bertz CT molecular complexity index is 946. The van der Waals surface area contributed by atoms with E-state index in [9.17, 15) is 13.6 Å². The van der Waals surface area contributed by atoms with Crippen molar-refractivity contribution in [1.82, 2.24) is 4.98 Å². The maximum atomic E-state index is 12.7. The lowest BCUT2D eigenvalue weighted by Gasteiger charge is -2.13. The summed E-state index contributed by atoms with van der Waals surface area (Å²) in [5, 5.41) is 2.92. The van der Waals surface area contributed by atoms with Crippen LogP contribution in [0.4, 0.5) is 13.9 Å². The first-order valence-electron chi connectivity index (χ1n) is 7.39. The molecule has 3 aromatic rings. The minimum absolute atomic E-state index is 0.0342. The van der Waals surface area contributed by atoms with E-state index in [0.717, 1.165) is 4.70 Å². The Morgan fingerprint density at radius 3 is 2.69 bits per heavy atom. The van der Waals surface area contributed by atoms with E-state index in [0.29, 0.717) is 16.4 Å². The van der Waals surface area contributed by atoms with E-state index in [1.54, 1.807) is 25.3 Å². The maximum Gasteiger partial charge on any atom is 0.387 e. The van der Waals surface area contributed by atoms with Gasteiger partial charge in [-0.2, -0.15) is 8.78 Å². The fraction of sp³-hybridized carbons (Fsp3) is 0.176. The Hall–Kier alpha value is -2.94. The summed E-state index contributed by atoms with van der Waals surface area (Å²) < 4.78 is 40.8. The van der Waals surface area contributed by atoms with Gasteiger partial charge in [0.15, 0.2) is 16.6 Å². The second-order valence-electron chi connectivity index (χ2n) is 5.02. The van der Waals surface area contributed by atoms with E-state index in [2.05, 4.69) is 15.0 Å². The third-order valence-electron chi connectivity index (χ3n) is 3.47. The molecule has 1 aromatic heterocycles. The highest BCUT2D eigenvalue weighted by molar-refractivity contribution is 7.22. The molecule has 0 saturated carbocycles. The smallest absolute Gasteiger partial charge is 0.387 e. The number of halogens is 2. The number of anilines is 1. The summed E-state index contributed by atoms with van der Waals surface area (Å²) in [5.74, 6) is -0.262. The molecule has 1 N–H and O–H groups in total. The molecule has 6 nitrogen and oxygen atoms in total. The first-order valence-corrected chi connectivity index (χ1v) is 8.21. The molecule has 9 heteroatoms. The van der Waals surface area contributed by atoms with Crippen molar-refractivity contribution in [2.75, 3.05) is 19.5 Å². The van der Waals surface area contributed by atoms with E-state index in [4.69, 9.17) is 9.47 Å². The monoisotopic (exact) mass is 380 g/mol. The van der Waals surface area contributed by atoms with Crippen LogP contribution in [0.3, 0.4) is 0 Å². The fourth-order valence-electron chi connectivity index (χ4n) is 2.32. The highest BCUT2D eigenvalue weighted by Gasteiger charge is 2.21. The van der Waals surface area contributed by atoms with Gasteiger partial charge >= 0.3 is 6.61 Å². The number of rotatable bonds is 6. The number of ether oxygens (including phenoxy) is 3. The number of nitrogens with one attached hydrogen (secondary N) is 1. The van der Waals surface area contributed by atoms with Crippen LogP contribution in [0.5, 0.6) is 17.2 Å². The predicted octanol–water partition coefficient (Wildman–Crippen LogP) is 4.17. The topological polar surface area (TPSA) is 69.7 Å². The van der Waals surface area contributed by atoms with Crippen molar-refractivity contribution in [2.24, 2.45) is 0 Å². The number of fused-ring (bicyclic) bond motifs is 1. The molecule has 0 bridgehead atoms. The average molecular weight is 380 g/mol. The average Bonchev–Trinajstić information content (AvgIpc) is 3.02. The first-order chi connectivity index (χ1) is 12.5. The molecule has 0 atom stereocenters. The molecule has 2 aromatic carbocycles. The van der Waals surface area contributed by atoms with Gasteiger partial charge in [-0.25, -0.2) is 4.98 Å². The Labute approximate surface area is 151 Å². The summed E-state index contributed by atoms with van der Waals surface area (Å²) in [4.78, 5) is 16.8. The van der Waals surface area contributed by atoms with Crippen molar-refractivity contribution in [3.63, 3.8) is 0 Å². The number of para-hydroxylation sites is 1. The first kappa shape index (κ1) is 17.9. The molecular formula is C17H14F2N2O4S. The molecule has 0 unspecified atom stereocenters. The molecule has 0 aliphatic carbocycles. The molecule has 1 amide bonds. The lowest BCUT2D eigenvalue weighted by Crippen LogP contribution is -2.15. The number of alkyl halides is 2. The van der Waals surface area contributed by atoms with E-state index in [1.165, 1.54) is 36.6 Å². The summed E-state index contributed by atoms with van der Waals surface area (Å²) in [5.41, 5.74) is 0.599. The van der Waals surface area contributed by atoms with Gasteiger partial charge in [-0.3, -0.25) is 10.1 Å². The summed E-state index contributed by atoms with van der Waals surface area (Å²) in [6.07, 6.45) is 0. The van der Waals surface area contributed by atoms with Crippen LogP contribution in [-0.2, 0) is 0 Å². The Morgan fingerprint density at radius 1 is 1.19 bits per heavy atom. The van der Waals surface area contributed by atoms with E-state index in [-0.39, 0.29) is 17.1 Å². The van der Waals surface area contributed by atoms with Crippen LogP contribution in [0.25, 0.3) is 10.2 Å². The maximum absolute atomic E-state index is 12.7. The Kier molecular flexibility index (Phi) is 5.17. The van der Waals surface area contributed by atoms with Crippen LogP contribution in [0, 0.1) is 0 Å². The lowest BCUT2D eigenvalue weighted by molar-refractivity contribution is -0.0515. The summed E-state index contributed by atoms with van der Waals surface area (Å²) in [6.45, 7) is -3.09. The van der Waals surface area contributed by atoms with Crippen molar-refractivity contribution in [3.05, 3.63) is 42.0 Å². The third-order valence-corrected chi connectivity index (χ3v) is 4.40. The van der Waals surface area contributed by atoms with Gasteiger partial charge in [0.1, 0.15) is 5.75 Å². The Balaban J connectivity index is 1.90. The number of methoxy groups -OCH3 is 2. The number of hydrogen-bond donors (Lipinski definition) is 1. The number of aromatic nitrogens is 1. The zero-order valence-corrected chi connectivity index (χ0v) is 14.6. The highest BCUT2D eigenvalue weighted by Crippen LogP contribution is 2.34. The standard InChI is InChI=1S/C17H14F2N2O4S/c1-23-9-6-7-11-13(8-9)26-17(20-11)21-15(22)10-4-3-5-12(24-2)14(10)25-16(18)19/h3-8,16H,1-2H3,(H,20,21,22). The minimum atomic E-state index is -3.09. The van der Waals surface area contributed by atoms with Gasteiger partial charge in [-0.05, 0) is 30.3 Å². The van der Waals surface area contributed by atoms with Crippen LogP contribution in [0.15, 0.2) is 36.4 Å². The van der Waals surface area contributed by atoms with Gasteiger partial charge in [0, 0.05) is 0 Å². The van der Waals surface area contributed by atoms with E-state index < -0.39 is 12.5 Å². The lowest BCUT2D eigenvalue weighted by atomic mass is 10.1. The summed E-state index contributed by atoms with van der Waals surface area (Å²) in [6, 6.07) is 9.61. The SMILES string of the molecule is COc1ccc2nc(NC(=O)c3cccc(OC)c3OC(F)F)sc2c1. The second kappa shape index (κ2) is 7.52. The molecule has 0 radical (unpaired) electrons. The van der Waals surface area contributed by atoms with Crippen LogP contribution < -0.4 is 19.5 Å². The van der Waals surface area contributed by atoms with Crippen LogP contribution >= 0.6 is 11.3 Å². The van der Waals surface area contributed by atoms with Gasteiger partial charge in [-0.15, -0.1) is 0 Å². The van der Waals surface area contributed by atoms with Crippen molar-refractivity contribution in [2.45, 2.75) is 6.61 Å². The quantitative estimate of drug-likeness (QED) is 0.695. The summed E-state index contributed by atoms with van der Waals surface area (Å²) in [7, 11) is 2.86. The van der Waals surface area contributed by atoms with Crippen LogP contribution in [-0.4, -0.2) is 31.7 Å². The third kappa shape index (κ3) is 3.67. The van der Waals surface area contributed by atoms with E-state index >= 15 is 0 Å². The normalized spacial score (nSPS) is 10.8. The van der Waals surface area contributed by atoms with Gasteiger partial charge in [0.05, 0.1) is 30.0 Å². The van der Waals surface area contributed by atoms with Gasteiger partial charge in [-0.1, -0.05) is 17.4 Å². The number of carbonyl (C=O) groups is 1. The number of thiazole rings is 1. The number of hydrogen-bond acceptors (Lipinski definition) is 6.